The Morgan fingerprint density at radius 3 is 2.57 bits per heavy atom. The number of carbonyl (C=O) groups is 2. The van der Waals surface area contributed by atoms with Gasteiger partial charge in [-0.3, -0.25) is 14.9 Å². The van der Waals surface area contributed by atoms with E-state index in [2.05, 4.69) is 33.2 Å². The van der Waals surface area contributed by atoms with Crippen LogP contribution in [0.1, 0.15) is 31.6 Å². The van der Waals surface area contributed by atoms with Gasteiger partial charge in [-0.25, -0.2) is 4.68 Å². The van der Waals surface area contributed by atoms with E-state index in [1.807, 2.05) is 49.4 Å². The summed E-state index contributed by atoms with van der Waals surface area (Å²) in [7, 11) is 0. The topological polar surface area (TPSA) is 101 Å². The van der Waals surface area contributed by atoms with E-state index in [-0.39, 0.29) is 24.3 Å². The van der Waals surface area contributed by atoms with Crippen molar-refractivity contribution in [2.45, 2.75) is 38.5 Å². The molecule has 2 aromatic carbocycles. The molecule has 35 heavy (non-hydrogen) atoms. The molecular formula is C27H27N5O3. The summed E-state index contributed by atoms with van der Waals surface area (Å²) >= 11 is 0. The third-order valence-corrected chi connectivity index (χ3v) is 6.06. The first-order valence-electron chi connectivity index (χ1n) is 11.7. The van der Waals surface area contributed by atoms with Crippen molar-refractivity contribution in [1.29, 1.82) is 0 Å². The lowest BCUT2D eigenvalue weighted by Crippen LogP contribution is -2.53. The predicted molar refractivity (Wildman–Crippen MR) is 133 cm³/mol. The van der Waals surface area contributed by atoms with E-state index in [4.69, 9.17) is 4.42 Å². The van der Waals surface area contributed by atoms with Crippen LogP contribution < -0.4 is 16.0 Å². The van der Waals surface area contributed by atoms with Gasteiger partial charge in [0, 0.05) is 18.5 Å². The molecule has 5 rings (SSSR count). The van der Waals surface area contributed by atoms with E-state index < -0.39 is 6.29 Å². The van der Waals surface area contributed by atoms with Crippen LogP contribution in [0.5, 0.6) is 0 Å². The first-order chi connectivity index (χ1) is 17.1. The van der Waals surface area contributed by atoms with Crippen LogP contribution in [-0.2, 0) is 16.0 Å². The number of anilines is 1. The zero-order chi connectivity index (χ0) is 24.2. The first-order valence-corrected chi connectivity index (χ1v) is 11.7. The number of furan rings is 1. The summed E-state index contributed by atoms with van der Waals surface area (Å²) in [5.74, 6) is 0.798. The van der Waals surface area contributed by atoms with Crippen molar-refractivity contribution in [3.8, 4) is 22.6 Å². The second kappa shape index (κ2) is 9.99. The Hall–Kier alpha value is -4.17. The van der Waals surface area contributed by atoms with Crippen LogP contribution in [0.3, 0.4) is 0 Å². The highest BCUT2D eigenvalue weighted by Gasteiger charge is 2.29. The second-order valence-electron chi connectivity index (χ2n) is 8.57. The largest absolute Gasteiger partial charge is 0.463 e. The van der Waals surface area contributed by atoms with Crippen molar-refractivity contribution in [2.75, 3.05) is 5.32 Å². The highest BCUT2D eigenvalue weighted by atomic mass is 16.3. The Bertz CT molecular complexity index is 1300. The number of nitrogens with one attached hydrogen (secondary N) is 3. The highest BCUT2D eigenvalue weighted by Crippen LogP contribution is 2.26. The van der Waals surface area contributed by atoms with E-state index >= 15 is 0 Å². The van der Waals surface area contributed by atoms with Crippen LogP contribution in [0, 0.1) is 0 Å². The lowest BCUT2D eigenvalue weighted by Gasteiger charge is -2.31. The monoisotopic (exact) mass is 469 g/mol. The van der Waals surface area contributed by atoms with Crippen molar-refractivity contribution in [3.05, 3.63) is 84.6 Å². The van der Waals surface area contributed by atoms with E-state index in [9.17, 15) is 9.59 Å². The molecule has 2 unspecified atom stereocenters. The number of hydrogen-bond donors (Lipinski definition) is 3. The fourth-order valence-electron chi connectivity index (χ4n) is 4.20. The summed E-state index contributed by atoms with van der Waals surface area (Å²) in [4.78, 5) is 25.2. The maximum atomic E-state index is 13.0. The average Bonchev–Trinajstić information content (AvgIpc) is 3.55. The minimum atomic E-state index is -0.578. The van der Waals surface area contributed by atoms with Gasteiger partial charge in [0.2, 0.25) is 11.8 Å². The van der Waals surface area contributed by atoms with Gasteiger partial charge in [0.05, 0.1) is 12.7 Å². The zero-order valence-electron chi connectivity index (χ0n) is 19.4. The molecule has 1 aliphatic heterocycles. The summed E-state index contributed by atoms with van der Waals surface area (Å²) in [5.41, 5.74) is 3.69. The number of carbonyl (C=O) groups excluding carboxylic acids is 2. The Morgan fingerprint density at radius 1 is 1.09 bits per heavy atom. The van der Waals surface area contributed by atoms with E-state index in [1.165, 1.54) is 0 Å². The van der Waals surface area contributed by atoms with Crippen LogP contribution in [-0.4, -0.2) is 27.6 Å². The van der Waals surface area contributed by atoms with Crippen LogP contribution in [0.4, 0.5) is 5.82 Å². The maximum Gasteiger partial charge on any atom is 0.229 e. The molecule has 3 N–H and O–H groups in total. The molecule has 1 fully saturated rings. The van der Waals surface area contributed by atoms with Gasteiger partial charge < -0.3 is 15.1 Å². The smallest absolute Gasteiger partial charge is 0.229 e. The maximum absolute atomic E-state index is 13.0. The Labute approximate surface area is 203 Å². The minimum absolute atomic E-state index is 0.0247. The molecule has 0 aliphatic carbocycles. The van der Waals surface area contributed by atoms with E-state index in [0.717, 1.165) is 23.1 Å². The molecule has 2 amide bonds. The quantitative estimate of drug-likeness (QED) is 0.374. The molecule has 8 nitrogen and oxygen atoms in total. The molecule has 0 radical (unpaired) electrons. The standard InChI is InChI=1S/C27H27N5O3/c1-2-21-16-26(34)30-27(28-21)32-24(17-22(31-32)23-9-6-14-35-23)29-25(33)15-18-10-12-20(13-11-18)19-7-4-3-5-8-19/h3-14,17,21,27-28H,2,15-16H2,1H3,(H,29,33)(H,30,34). The predicted octanol–water partition coefficient (Wildman–Crippen LogP) is 4.34. The van der Waals surface area contributed by atoms with Gasteiger partial charge in [-0.2, -0.15) is 5.10 Å². The first kappa shape index (κ1) is 22.6. The number of aromatic nitrogens is 2. The third-order valence-electron chi connectivity index (χ3n) is 6.06. The van der Waals surface area contributed by atoms with Crippen molar-refractivity contribution >= 4 is 17.6 Å². The molecule has 1 aliphatic rings. The number of benzene rings is 2. The van der Waals surface area contributed by atoms with Crippen molar-refractivity contribution in [3.63, 3.8) is 0 Å². The lowest BCUT2D eigenvalue weighted by molar-refractivity contribution is -0.125. The Balaban J connectivity index is 1.35. The zero-order valence-corrected chi connectivity index (χ0v) is 19.4. The molecule has 1 saturated heterocycles. The van der Waals surface area contributed by atoms with Gasteiger partial charge in [0.15, 0.2) is 12.0 Å². The molecule has 2 atom stereocenters. The van der Waals surface area contributed by atoms with Gasteiger partial charge in [0.25, 0.3) is 0 Å². The number of amides is 2. The fraction of sp³-hybridized carbons (Fsp3) is 0.222. The Kier molecular flexibility index (Phi) is 6.45. The Morgan fingerprint density at radius 2 is 1.86 bits per heavy atom. The van der Waals surface area contributed by atoms with Crippen molar-refractivity contribution in [2.24, 2.45) is 0 Å². The number of rotatable bonds is 7. The molecule has 0 saturated carbocycles. The summed E-state index contributed by atoms with van der Waals surface area (Å²) in [6.07, 6.45) is 2.40. The van der Waals surface area contributed by atoms with Gasteiger partial charge in [-0.05, 0) is 35.2 Å². The summed E-state index contributed by atoms with van der Waals surface area (Å²) in [6, 6.07) is 23.4. The van der Waals surface area contributed by atoms with Crippen molar-refractivity contribution in [1.82, 2.24) is 20.4 Å². The van der Waals surface area contributed by atoms with Gasteiger partial charge in [0.1, 0.15) is 11.5 Å². The molecule has 8 heteroatoms. The second-order valence-corrected chi connectivity index (χ2v) is 8.57. The molecule has 0 spiro atoms. The summed E-state index contributed by atoms with van der Waals surface area (Å²) in [6.45, 7) is 2.02. The molecule has 2 aromatic heterocycles. The summed E-state index contributed by atoms with van der Waals surface area (Å²) in [5, 5.41) is 13.9. The molecule has 0 bridgehead atoms. The minimum Gasteiger partial charge on any atom is -0.463 e. The third kappa shape index (κ3) is 5.17. The number of hydrogen-bond acceptors (Lipinski definition) is 5. The molecule has 4 aromatic rings. The fourth-order valence-corrected chi connectivity index (χ4v) is 4.20. The molecular weight excluding hydrogens is 442 g/mol. The lowest BCUT2D eigenvalue weighted by atomic mass is 10.0. The van der Waals surface area contributed by atoms with E-state index in [0.29, 0.717) is 23.7 Å². The van der Waals surface area contributed by atoms with Crippen LogP contribution in [0.15, 0.2) is 83.5 Å². The summed E-state index contributed by atoms with van der Waals surface area (Å²) < 4.78 is 7.08. The normalized spacial score (nSPS) is 17.7. The number of nitrogens with zero attached hydrogens (tertiary/aromatic N) is 2. The van der Waals surface area contributed by atoms with Crippen molar-refractivity contribution < 1.29 is 14.0 Å². The van der Waals surface area contributed by atoms with Crippen LogP contribution in [0.25, 0.3) is 22.6 Å². The van der Waals surface area contributed by atoms with Crippen LogP contribution >= 0.6 is 0 Å². The highest BCUT2D eigenvalue weighted by molar-refractivity contribution is 5.92. The van der Waals surface area contributed by atoms with Crippen LogP contribution in [0.2, 0.25) is 0 Å². The van der Waals surface area contributed by atoms with E-state index in [1.54, 1.807) is 29.1 Å². The molecule has 178 valence electrons. The SMILES string of the molecule is CCC1CC(=O)NC(n2nc(-c3ccco3)cc2NC(=O)Cc2ccc(-c3ccccc3)cc2)N1. The van der Waals surface area contributed by atoms with Gasteiger partial charge >= 0.3 is 0 Å². The molecule has 3 heterocycles. The van der Waals surface area contributed by atoms with Gasteiger partial charge in [-0.1, -0.05) is 61.5 Å². The average molecular weight is 470 g/mol. The van der Waals surface area contributed by atoms with Gasteiger partial charge in [-0.15, -0.1) is 0 Å².